The molecule has 0 aromatic carbocycles. The standard InChI is InChI=1S/C2H9NSi.3C2H7N/c1-3(2)4;3*1-3-2/h1-2,4H3;3*3H,1-2H3. The molecular weight excluding hydrogens is 180 g/mol. The molecule has 0 aliphatic rings. The number of nitrogens with one attached hydrogen (secondary N) is 3. The van der Waals surface area contributed by atoms with E-state index in [1.54, 1.807) is 0 Å². The predicted octanol–water partition coefficient (Wildman–Crippen LogP) is -1.66. The summed E-state index contributed by atoms with van der Waals surface area (Å²) in [6.07, 6.45) is 0. The lowest BCUT2D eigenvalue weighted by atomic mass is 11.3. The Kier molecular flexibility index (Phi) is 71.5. The highest BCUT2D eigenvalue weighted by Gasteiger charge is 1.58. The zero-order valence-corrected chi connectivity index (χ0v) is 12.9. The molecule has 0 rings (SSSR count). The van der Waals surface area contributed by atoms with Gasteiger partial charge in [-0.2, -0.15) is 0 Å². The van der Waals surface area contributed by atoms with Gasteiger partial charge in [-0.05, 0) is 56.4 Å². The molecule has 0 heterocycles. The van der Waals surface area contributed by atoms with Crippen LogP contribution in [0.15, 0.2) is 0 Å². The van der Waals surface area contributed by atoms with Crippen molar-refractivity contribution in [2.75, 3.05) is 56.4 Å². The molecule has 0 saturated heterocycles. The first-order chi connectivity index (χ1) is 5.97. The fourth-order valence-electron chi connectivity index (χ4n) is 0. The van der Waals surface area contributed by atoms with Crippen LogP contribution in [0.4, 0.5) is 0 Å². The molecule has 5 heteroatoms. The van der Waals surface area contributed by atoms with E-state index in [1.165, 1.54) is 10.4 Å². The number of nitrogens with zero attached hydrogens (tertiary/aromatic N) is 1. The summed E-state index contributed by atoms with van der Waals surface area (Å²) in [6.45, 7) is 0. The third-order valence-electron chi connectivity index (χ3n) is 0. The molecule has 0 aliphatic carbocycles. The van der Waals surface area contributed by atoms with E-state index in [9.17, 15) is 0 Å². The lowest BCUT2D eigenvalue weighted by Gasteiger charge is -1.90. The lowest BCUT2D eigenvalue weighted by molar-refractivity contribution is 0.679. The quantitative estimate of drug-likeness (QED) is 0.419. The van der Waals surface area contributed by atoms with Gasteiger partial charge >= 0.3 is 0 Å². The van der Waals surface area contributed by atoms with E-state index in [1.807, 2.05) is 42.3 Å². The summed E-state index contributed by atoms with van der Waals surface area (Å²) in [5.74, 6) is 0. The van der Waals surface area contributed by atoms with Crippen molar-refractivity contribution < 1.29 is 0 Å². The highest BCUT2D eigenvalue weighted by molar-refractivity contribution is 6.03. The van der Waals surface area contributed by atoms with Gasteiger partial charge in [-0.3, -0.25) is 0 Å². The maximum atomic E-state index is 2.75. The zero-order valence-electron chi connectivity index (χ0n) is 10.9. The Labute approximate surface area is 88.0 Å². The Hall–Kier alpha value is 0.0569. The van der Waals surface area contributed by atoms with Crippen molar-refractivity contribution in [2.45, 2.75) is 0 Å². The monoisotopic (exact) mass is 210 g/mol. The first-order valence-corrected chi connectivity index (χ1v) is 5.24. The van der Waals surface area contributed by atoms with Crippen molar-refractivity contribution in [3.05, 3.63) is 0 Å². The largest absolute Gasteiger partial charge is 0.337 e. The number of rotatable bonds is 0. The molecule has 0 fully saturated rings. The average Bonchev–Trinajstić information content (AvgIpc) is 1.88. The van der Waals surface area contributed by atoms with Crippen LogP contribution in [0, 0.1) is 0 Å². The van der Waals surface area contributed by atoms with Crippen LogP contribution < -0.4 is 16.0 Å². The average molecular weight is 210 g/mol. The molecule has 0 aliphatic heterocycles. The lowest BCUT2D eigenvalue weighted by Crippen LogP contribution is -2.02. The van der Waals surface area contributed by atoms with E-state index in [0.717, 1.165) is 0 Å². The van der Waals surface area contributed by atoms with E-state index >= 15 is 0 Å². The molecule has 0 aromatic rings. The Morgan fingerprint density at radius 2 is 0.692 bits per heavy atom. The zero-order chi connectivity index (χ0) is 11.7. The summed E-state index contributed by atoms with van der Waals surface area (Å²) in [7, 11) is 16.6. The number of hydrogen-bond acceptors (Lipinski definition) is 4. The van der Waals surface area contributed by atoms with Gasteiger partial charge in [-0.15, -0.1) is 0 Å². The molecule has 0 saturated carbocycles. The second kappa shape index (κ2) is 40.2. The van der Waals surface area contributed by atoms with Crippen molar-refractivity contribution in [3.63, 3.8) is 0 Å². The summed E-state index contributed by atoms with van der Waals surface area (Å²) < 4.78 is 2.14. The first kappa shape index (κ1) is 23.1. The minimum atomic E-state index is 1.18. The predicted molar refractivity (Wildman–Crippen MR) is 68.6 cm³/mol. The van der Waals surface area contributed by atoms with Gasteiger partial charge in [0, 0.05) is 0 Å². The summed E-state index contributed by atoms with van der Waals surface area (Å²) in [6, 6.07) is 0. The maximum absolute atomic E-state index is 2.75. The first-order valence-electron chi connectivity index (χ1n) is 4.34. The van der Waals surface area contributed by atoms with Crippen molar-refractivity contribution in [1.29, 1.82) is 0 Å². The van der Waals surface area contributed by atoms with E-state index in [2.05, 4.69) is 34.6 Å². The Morgan fingerprint density at radius 3 is 0.692 bits per heavy atom. The Bertz CT molecular complexity index is 37.6. The molecule has 0 atom stereocenters. The minimum absolute atomic E-state index is 1.18. The summed E-state index contributed by atoms with van der Waals surface area (Å²) in [5.41, 5.74) is 0. The molecular formula is C8H30N4Si. The highest BCUT2D eigenvalue weighted by atomic mass is 28.2. The van der Waals surface area contributed by atoms with E-state index < -0.39 is 0 Å². The van der Waals surface area contributed by atoms with Crippen LogP contribution >= 0.6 is 0 Å². The Morgan fingerprint density at radius 1 is 0.692 bits per heavy atom. The van der Waals surface area contributed by atoms with Gasteiger partial charge < -0.3 is 20.5 Å². The van der Waals surface area contributed by atoms with Crippen molar-refractivity contribution in [2.24, 2.45) is 0 Å². The molecule has 4 nitrogen and oxygen atoms in total. The Balaban J connectivity index is -0.0000000420. The third kappa shape index (κ3) is 377000. The van der Waals surface area contributed by atoms with Crippen LogP contribution in [-0.4, -0.2) is 71.4 Å². The second-order valence-electron chi connectivity index (χ2n) is 2.84. The topological polar surface area (TPSA) is 39.3 Å². The molecule has 0 bridgehead atoms. The molecule has 0 radical (unpaired) electrons. The van der Waals surface area contributed by atoms with Crippen LogP contribution in [-0.2, 0) is 0 Å². The van der Waals surface area contributed by atoms with Gasteiger partial charge in [0.2, 0.25) is 0 Å². The van der Waals surface area contributed by atoms with Crippen LogP contribution in [0.1, 0.15) is 0 Å². The van der Waals surface area contributed by atoms with E-state index in [-0.39, 0.29) is 0 Å². The molecule has 3 N–H and O–H groups in total. The summed E-state index contributed by atoms with van der Waals surface area (Å²) >= 11 is 0. The van der Waals surface area contributed by atoms with Gasteiger partial charge in [0.25, 0.3) is 0 Å². The maximum Gasteiger partial charge on any atom is 0.0777 e. The smallest absolute Gasteiger partial charge is 0.0777 e. The van der Waals surface area contributed by atoms with E-state index in [0.29, 0.717) is 0 Å². The van der Waals surface area contributed by atoms with Crippen molar-refractivity contribution in [3.8, 4) is 0 Å². The van der Waals surface area contributed by atoms with Crippen LogP contribution in [0.25, 0.3) is 0 Å². The number of hydrogen-bond donors (Lipinski definition) is 3. The minimum Gasteiger partial charge on any atom is -0.337 e. The fraction of sp³-hybridized carbons (Fsp3) is 1.00. The third-order valence-corrected chi connectivity index (χ3v) is 0. The normalized spacial score (nSPS) is 7.15. The van der Waals surface area contributed by atoms with Crippen LogP contribution in [0.3, 0.4) is 0 Å². The molecule has 13 heavy (non-hydrogen) atoms. The summed E-state index contributed by atoms with van der Waals surface area (Å²) in [4.78, 5) is 0. The molecule has 86 valence electrons. The van der Waals surface area contributed by atoms with Crippen molar-refractivity contribution >= 4 is 10.4 Å². The molecule has 0 amide bonds. The van der Waals surface area contributed by atoms with Gasteiger partial charge in [-0.25, -0.2) is 0 Å². The highest BCUT2D eigenvalue weighted by Crippen LogP contribution is 1.44. The second-order valence-corrected chi connectivity index (χ2v) is 4.63. The molecule has 0 aromatic heterocycles. The summed E-state index contributed by atoms with van der Waals surface area (Å²) in [5, 5.41) is 8.25. The van der Waals surface area contributed by atoms with Gasteiger partial charge in [0.15, 0.2) is 0 Å². The van der Waals surface area contributed by atoms with Crippen molar-refractivity contribution in [1.82, 2.24) is 20.5 Å². The SMILES string of the molecule is CN(C)[SiH3].CNC.CNC.CNC. The van der Waals surface area contributed by atoms with Crippen LogP contribution in [0.5, 0.6) is 0 Å². The molecule has 0 spiro atoms. The van der Waals surface area contributed by atoms with Gasteiger partial charge in [0.1, 0.15) is 0 Å². The molecule has 0 unspecified atom stereocenters. The van der Waals surface area contributed by atoms with E-state index in [4.69, 9.17) is 0 Å². The fourth-order valence-corrected chi connectivity index (χ4v) is 0. The van der Waals surface area contributed by atoms with Gasteiger partial charge in [0.05, 0.1) is 10.4 Å². The van der Waals surface area contributed by atoms with Gasteiger partial charge in [-0.1, -0.05) is 0 Å². The van der Waals surface area contributed by atoms with Crippen LogP contribution in [0.2, 0.25) is 0 Å².